The molecule has 2 unspecified atom stereocenters. The van der Waals surface area contributed by atoms with Crippen molar-refractivity contribution >= 4 is 73.8 Å². The molecule has 0 spiro atoms. The Morgan fingerprint density at radius 1 is 0.985 bits per heavy atom. The van der Waals surface area contributed by atoms with Gasteiger partial charge in [0.1, 0.15) is 17.3 Å². The molecule has 1 aliphatic carbocycles. The van der Waals surface area contributed by atoms with Crippen molar-refractivity contribution in [3.05, 3.63) is 113 Å². The first kappa shape index (κ1) is 46.2. The van der Waals surface area contributed by atoms with Gasteiger partial charge in [-0.05, 0) is 99.6 Å². The van der Waals surface area contributed by atoms with Crippen molar-refractivity contribution in [1.29, 1.82) is 0 Å². The number of hydrogen-bond donors (Lipinski definition) is 3. The van der Waals surface area contributed by atoms with Crippen LogP contribution in [-0.2, 0) is 25.7 Å². The van der Waals surface area contributed by atoms with Gasteiger partial charge in [0.25, 0.3) is 5.91 Å². The van der Waals surface area contributed by atoms with Crippen molar-refractivity contribution in [3.8, 4) is 5.75 Å². The number of Topliss-reactive ketones (excluding diaryl/α,β-unsaturated/α-hetero) is 1. The van der Waals surface area contributed by atoms with Crippen LogP contribution < -0.4 is 30.6 Å². The lowest BCUT2D eigenvalue weighted by molar-refractivity contribution is -0.131. The number of nitrogens with one attached hydrogen (secondary N) is 3. The van der Waals surface area contributed by atoms with Crippen LogP contribution in [0.15, 0.2) is 90.3 Å². The van der Waals surface area contributed by atoms with Crippen molar-refractivity contribution in [1.82, 2.24) is 20.6 Å². The summed E-state index contributed by atoms with van der Waals surface area (Å²) in [7, 11) is 5.18. The number of hydrazone groups is 1. The van der Waals surface area contributed by atoms with Crippen molar-refractivity contribution in [2.75, 3.05) is 67.2 Å². The Kier molecular flexibility index (Phi) is 15.6. The van der Waals surface area contributed by atoms with E-state index in [0.29, 0.717) is 75.3 Å². The number of ether oxygens (including phenoxy) is 1. The third-order valence-corrected chi connectivity index (χ3v) is 15.0. The number of ketones is 1. The van der Waals surface area contributed by atoms with Crippen LogP contribution in [0.4, 0.5) is 21.5 Å². The zero-order valence-electron chi connectivity index (χ0n) is 40.3. The monoisotopic (exact) mass is 952 g/mol. The molecule has 2 atom stereocenters. The SMILES string of the molecule is [2H]C1([2H])C(C(=O)Nc2ccc(CNC(=O)c3ccc(N4CCN(C(=O)CCSSC(C)(C)CC(=O)N/N=C5\CCN(C)c6cc(OCCCC(C)=O)ccc65)CC4)cc3)c(F)c2)C1c1cccnc1. The number of amides is 4. The molecule has 4 amide bonds. The number of piperazine rings is 1. The van der Waals surface area contributed by atoms with Gasteiger partial charge < -0.3 is 34.9 Å². The van der Waals surface area contributed by atoms with Crippen molar-refractivity contribution in [2.45, 2.75) is 76.5 Å². The highest BCUT2D eigenvalue weighted by Gasteiger charge is 2.44. The normalized spacial score (nSPS) is 18.6. The van der Waals surface area contributed by atoms with Crippen LogP contribution in [0, 0.1) is 11.7 Å². The fourth-order valence-corrected chi connectivity index (χ4v) is 10.4. The number of carbonyl (C=O) groups excluding carboxylic acids is 5. The van der Waals surface area contributed by atoms with E-state index in [0.717, 1.165) is 41.0 Å². The number of hydrogen-bond acceptors (Lipinski definition) is 12. The number of rotatable bonds is 20. The first-order chi connectivity index (χ1) is 33.0. The van der Waals surface area contributed by atoms with E-state index in [1.165, 1.54) is 12.1 Å². The third kappa shape index (κ3) is 13.8. The topological polar surface area (TPSA) is 166 Å². The first-order valence-electron chi connectivity index (χ1n) is 23.5. The van der Waals surface area contributed by atoms with Crippen LogP contribution >= 0.6 is 21.6 Å². The maximum absolute atomic E-state index is 15.1. The summed E-state index contributed by atoms with van der Waals surface area (Å²) < 4.78 is 37.1. The van der Waals surface area contributed by atoms with E-state index in [1.54, 1.807) is 65.2 Å². The van der Waals surface area contributed by atoms with Crippen LogP contribution in [0.3, 0.4) is 0 Å². The highest BCUT2D eigenvalue weighted by atomic mass is 33.1. The summed E-state index contributed by atoms with van der Waals surface area (Å²) in [5.41, 5.74) is 7.87. The number of halogens is 1. The molecule has 0 radical (unpaired) electrons. The number of benzene rings is 3. The van der Waals surface area contributed by atoms with Gasteiger partial charge >= 0.3 is 0 Å². The lowest BCUT2D eigenvalue weighted by Crippen LogP contribution is -2.48. The van der Waals surface area contributed by atoms with Gasteiger partial charge in [-0.3, -0.25) is 24.2 Å². The Labute approximate surface area is 402 Å². The minimum atomic E-state index is -1.74. The summed E-state index contributed by atoms with van der Waals surface area (Å²) in [4.78, 5) is 73.5. The molecule has 354 valence electrons. The Hall–Kier alpha value is -5.94. The molecule has 14 nitrogen and oxygen atoms in total. The Morgan fingerprint density at radius 3 is 2.51 bits per heavy atom. The quantitative estimate of drug-likeness (QED) is 0.0454. The van der Waals surface area contributed by atoms with Crippen LogP contribution in [0.1, 0.15) is 95.0 Å². The van der Waals surface area contributed by atoms with Crippen molar-refractivity contribution in [2.24, 2.45) is 11.0 Å². The second-order valence-electron chi connectivity index (χ2n) is 17.5. The summed E-state index contributed by atoms with van der Waals surface area (Å²) in [6.07, 6.45) is 3.86. The molecule has 2 fully saturated rings. The zero-order valence-corrected chi connectivity index (χ0v) is 39.9. The highest BCUT2D eigenvalue weighted by Crippen LogP contribution is 2.47. The maximum Gasteiger partial charge on any atom is 0.251 e. The van der Waals surface area contributed by atoms with E-state index in [2.05, 4.69) is 35.9 Å². The maximum atomic E-state index is 15.1. The molecule has 1 aromatic heterocycles. The second kappa shape index (κ2) is 22.7. The lowest BCUT2D eigenvalue weighted by atomic mass is 10.00. The number of pyridine rings is 1. The third-order valence-electron chi connectivity index (χ3n) is 11.7. The molecule has 1 saturated heterocycles. The standard InChI is InChI=1S/C50H59FN8O6S2/c1-33(60)7-6-25-65-39-15-16-40-44(17-20-57(4)45(40)28-39)55-56-46(61)30-50(2,3)67-66-26-18-47(62)59-23-21-58(22-24-59)38-13-10-34(11-14-38)48(63)53-32-36-9-12-37(27-43(36)51)54-49(64)42-29-41(42)35-8-5-19-52-31-35/h5,8-16,19,27-28,31,41-42H,6-7,17-18,20-26,29-30,32H2,1-4H3,(H,53,63)(H,54,64)(H,56,61)/b55-44+/i29D2. The predicted octanol–water partition coefficient (Wildman–Crippen LogP) is 7.59. The van der Waals surface area contributed by atoms with Gasteiger partial charge in [0.2, 0.25) is 17.7 Å². The highest BCUT2D eigenvalue weighted by molar-refractivity contribution is 8.77. The smallest absolute Gasteiger partial charge is 0.251 e. The Morgan fingerprint density at radius 2 is 1.78 bits per heavy atom. The predicted molar refractivity (Wildman–Crippen MR) is 264 cm³/mol. The molecule has 67 heavy (non-hydrogen) atoms. The van der Waals surface area contributed by atoms with Gasteiger partial charge in [-0.15, -0.1) is 0 Å². The molecule has 7 rings (SSSR count). The molecular formula is C50H59FN8O6S2. The summed E-state index contributed by atoms with van der Waals surface area (Å²) in [6.45, 7) is 9.14. The molecule has 3 aliphatic rings. The van der Waals surface area contributed by atoms with Crippen LogP contribution in [-0.4, -0.2) is 102 Å². The van der Waals surface area contributed by atoms with Gasteiger partial charge in [-0.1, -0.05) is 33.7 Å². The van der Waals surface area contributed by atoms with E-state index < -0.39 is 34.7 Å². The second-order valence-corrected chi connectivity index (χ2v) is 20.6. The van der Waals surface area contributed by atoms with Gasteiger partial charge in [0.15, 0.2) is 0 Å². The first-order valence-corrected chi connectivity index (χ1v) is 24.8. The van der Waals surface area contributed by atoms with Gasteiger partial charge in [-0.2, -0.15) is 5.10 Å². The number of fused-ring (bicyclic) bond motifs is 1. The van der Waals surface area contributed by atoms with E-state index in [9.17, 15) is 24.0 Å². The van der Waals surface area contributed by atoms with Crippen LogP contribution in [0.25, 0.3) is 0 Å². The summed E-state index contributed by atoms with van der Waals surface area (Å²) >= 11 is 0. The molecule has 3 heterocycles. The molecule has 3 N–H and O–H groups in total. The minimum absolute atomic E-state index is 0.0759. The lowest BCUT2D eigenvalue weighted by Gasteiger charge is -2.36. The van der Waals surface area contributed by atoms with E-state index >= 15 is 4.39 Å². The van der Waals surface area contributed by atoms with E-state index in [1.807, 2.05) is 56.1 Å². The van der Waals surface area contributed by atoms with Gasteiger partial charge in [-0.25, -0.2) is 9.82 Å². The fraction of sp³-hybridized carbons (Fsp3) is 0.420. The number of carbonyl (C=O) groups is 5. The molecule has 1 saturated carbocycles. The Bertz CT molecular complexity index is 2550. The average molecular weight is 953 g/mol. The molecule has 3 aromatic carbocycles. The summed E-state index contributed by atoms with van der Waals surface area (Å²) in [6, 6.07) is 20.5. The summed E-state index contributed by atoms with van der Waals surface area (Å²) in [5, 5.41) is 9.89. The largest absolute Gasteiger partial charge is 0.494 e. The number of nitrogens with zero attached hydrogens (tertiary/aromatic N) is 5. The van der Waals surface area contributed by atoms with Crippen molar-refractivity contribution < 1.29 is 35.8 Å². The molecule has 17 heteroatoms. The van der Waals surface area contributed by atoms with Crippen molar-refractivity contribution in [3.63, 3.8) is 0 Å². The van der Waals surface area contributed by atoms with Gasteiger partial charge in [0, 0.05) is 143 Å². The summed E-state index contributed by atoms with van der Waals surface area (Å²) in [5.74, 6) is -1.70. The molecule has 2 aliphatic heterocycles. The van der Waals surface area contributed by atoms with E-state index in [-0.39, 0.29) is 47.7 Å². The van der Waals surface area contributed by atoms with E-state index in [4.69, 9.17) is 7.48 Å². The minimum Gasteiger partial charge on any atom is -0.494 e. The van der Waals surface area contributed by atoms with Gasteiger partial charge in [0.05, 0.1) is 12.3 Å². The zero-order chi connectivity index (χ0) is 49.3. The van der Waals surface area contributed by atoms with Crippen LogP contribution in [0.5, 0.6) is 5.75 Å². The Balaban J connectivity index is 0.781. The van der Waals surface area contributed by atoms with Crippen LogP contribution in [0.2, 0.25) is 0 Å². The molecule has 0 bridgehead atoms. The molecular weight excluding hydrogens is 892 g/mol. The molecule has 4 aromatic rings. The number of aromatic nitrogens is 1. The average Bonchev–Trinajstić information content (AvgIpc) is 3.92. The number of anilines is 3. The fourth-order valence-electron chi connectivity index (χ4n) is 7.91.